The molecule has 0 fully saturated rings. The Morgan fingerprint density at radius 3 is 2.38 bits per heavy atom. The number of carbonyl (C=O) groups excluding carboxylic acids is 2. The molecule has 0 saturated heterocycles. The van der Waals surface area contributed by atoms with Gasteiger partial charge in [-0.15, -0.1) is 0 Å². The zero-order valence-electron chi connectivity index (χ0n) is 17.0. The van der Waals surface area contributed by atoms with Gasteiger partial charge in [-0.2, -0.15) is 0 Å². The molecule has 1 N–H and O–H groups in total. The molecule has 0 aliphatic heterocycles. The van der Waals surface area contributed by atoms with Crippen LogP contribution in [0.1, 0.15) is 32.0 Å². The number of nitrogens with zero attached hydrogens (tertiary/aromatic N) is 2. The van der Waals surface area contributed by atoms with Crippen LogP contribution in [-0.4, -0.2) is 48.2 Å². The second-order valence-electron chi connectivity index (χ2n) is 7.44. The number of imidazole rings is 1. The van der Waals surface area contributed by atoms with E-state index in [1.807, 2.05) is 6.92 Å². The maximum atomic E-state index is 12.7. The fraction of sp³-hybridized carbons (Fsp3) is 0.421. The van der Waals surface area contributed by atoms with E-state index in [2.05, 4.69) is 10.3 Å². The van der Waals surface area contributed by atoms with E-state index < -0.39 is 33.7 Å². The first-order valence-electron chi connectivity index (χ1n) is 8.85. The number of benzene rings is 1. The Labute approximate surface area is 170 Å². The number of carbonyl (C=O) groups is 2. The summed E-state index contributed by atoms with van der Waals surface area (Å²) in [5.41, 5.74) is 0.477. The van der Waals surface area contributed by atoms with Crippen molar-refractivity contribution in [2.24, 2.45) is 0 Å². The van der Waals surface area contributed by atoms with Gasteiger partial charge in [-0.1, -0.05) is 17.7 Å². The van der Waals surface area contributed by atoms with Crippen LogP contribution in [0.4, 0.5) is 4.79 Å². The van der Waals surface area contributed by atoms with E-state index in [4.69, 9.17) is 9.47 Å². The highest BCUT2D eigenvalue weighted by Gasteiger charge is 2.27. The second kappa shape index (κ2) is 8.64. The second-order valence-corrected chi connectivity index (χ2v) is 9.28. The van der Waals surface area contributed by atoms with Crippen LogP contribution < -0.4 is 5.32 Å². The summed E-state index contributed by atoms with van der Waals surface area (Å²) in [6, 6.07) is 5.32. The van der Waals surface area contributed by atoms with E-state index in [-0.39, 0.29) is 17.0 Å². The quantitative estimate of drug-likeness (QED) is 0.707. The van der Waals surface area contributed by atoms with Crippen molar-refractivity contribution in [1.29, 1.82) is 0 Å². The summed E-state index contributed by atoms with van der Waals surface area (Å²) >= 11 is 0. The van der Waals surface area contributed by atoms with Crippen molar-refractivity contribution in [3.63, 3.8) is 0 Å². The number of aryl methyl sites for hydroxylation is 1. The largest absolute Gasteiger partial charge is 0.467 e. The molecule has 0 saturated carbocycles. The molecule has 1 heterocycles. The summed E-state index contributed by atoms with van der Waals surface area (Å²) in [6.45, 7) is 6.93. The van der Waals surface area contributed by atoms with Gasteiger partial charge in [0.15, 0.2) is 0 Å². The number of ether oxygens (including phenoxy) is 2. The Balaban J connectivity index is 2.19. The van der Waals surface area contributed by atoms with Crippen molar-refractivity contribution < 1.29 is 27.5 Å². The minimum atomic E-state index is -3.82. The number of rotatable bonds is 6. The van der Waals surface area contributed by atoms with Crippen molar-refractivity contribution in [2.75, 3.05) is 7.11 Å². The van der Waals surface area contributed by atoms with E-state index in [1.54, 1.807) is 32.9 Å². The number of methoxy groups -OCH3 is 1. The highest BCUT2D eigenvalue weighted by Crippen LogP contribution is 2.16. The van der Waals surface area contributed by atoms with E-state index in [0.717, 1.165) is 15.9 Å². The lowest BCUT2D eigenvalue weighted by Crippen LogP contribution is -2.45. The van der Waals surface area contributed by atoms with Gasteiger partial charge in [0.25, 0.3) is 10.0 Å². The van der Waals surface area contributed by atoms with Gasteiger partial charge in [-0.3, -0.25) is 0 Å². The molecule has 29 heavy (non-hydrogen) atoms. The predicted molar refractivity (Wildman–Crippen MR) is 105 cm³/mol. The summed E-state index contributed by atoms with van der Waals surface area (Å²) in [6.07, 6.45) is 1.58. The van der Waals surface area contributed by atoms with Crippen molar-refractivity contribution in [3.8, 4) is 0 Å². The third-order valence-electron chi connectivity index (χ3n) is 3.80. The number of alkyl carbamates (subject to hydrolysis) is 1. The van der Waals surface area contributed by atoms with Crippen LogP contribution in [0.2, 0.25) is 0 Å². The van der Waals surface area contributed by atoms with Gasteiger partial charge in [0.2, 0.25) is 0 Å². The molecule has 1 atom stereocenters. The maximum absolute atomic E-state index is 12.7. The topological polar surface area (TPSA) is 117 Å². The molecule has 2 aromatic rings. The molecule has 0 bridgehead atoms. The van der Waals surface area contributed by atoms with Gasteiger partial charge in [0.1, 0.15) is 18.0 Å². The molecular formula is C19H25N3O6S. The van der Waals surface area contributed by atoms with Crippen molar-refractivity contribution >= 4 is 22.1 Å². The molecule has 0 unspecified atom stereocenters. The Morgan fingerprint density at radius 1 is 1.21 bits per heavy atom. The van der Waals surface area contributed by atoms with Crippen LogP contribution in [0.15, 0.2) is 41.7 Å². The summed E-state index contributed by atoms with van der Waals surface area (Å²) in [4.78, 5) is 28.2. The predicted octanol–water partition coefficient (Wildman–Crippen LogP) is 2.04. The number of aromatic nitrogens is 2. The first kappa shape index (κ1) is 22.4. The molecule has 9 nitrogen and oxygen atoms in total. The molecule has 0 radical (unpaired) electrons. The summed E-state index contributed by atoms with van der Waals surface area (Å²) < 4.78 is 36.2. The van der Waals surface area contributed by atoms with Crippen LogP contribution in [-0.2, 0) is 30.7 Å². The van der Waals surface area contributed by atoms with E-state index in [9.17, 15) is 18.0 Å². The number of esters is 1. The van der Waals surface area contributed by atoms with E-state index in [0.29, 0.717) is 0 Å². The van der Waals surface area contributed by atoms with Gasteiger partial charge in [0, 0.05) is 12.6 Å². The Bertz CT molecular complexity index is 974. The Kier molecular flexibility index (Phi) is 6.68. The zero-order chi connectivity index (χ0) is 21.8. The van der Waals surface area contributed by atoms with Crippen LogP contribution in [0.5, 0.6) is 0 Å². The Hall–Kier alpha value is -2.88. The molecule has 158 valence electrons. The summed E-state index contributed by atoms with van der Waals surface area (Å²) in [7, 11) is -2.63. The van der Waals surface area contributed by atoms with Gasteiger partial charge < -0.3 is 14.8 Å². The summed E-state index contributed by atoms with van der Waals surface area (Å²) in [5, 5.41) is 2.42. The van der Waals surface area contributed by atoms with Crippen molar-refractivity contribution in [2.45, 2.75) is 50.7 Å². The normalized spacial score (nSPS) is 12.9. The fourth-order valence-corrected chi connectivity index (χ4v) is 3.56. The molecule has 10 heteroatoms. The number of amides is 1. The first-order chi connectivity index (χ1) is 13.4. The lowest BCUT2D eigenvalue weighted by molar-refractivity contribution is -0.143. The first-order valence-corrected chi connectivity index (χ1v) is 10.3. The highest BCUT2D eigenvalue weighted by molar-refractivity contribution is 7.90. The van der Waals surface area contributed by atoms with Crippen LogP contribution in [0.25, 0.3) is 0 Å². The zero-order valence-corrected chi connectivity index (χ0v) is 17.8. The van der Waals surface area contributed by atoms with Gasteiger partial charge >= 0.3 is 12.1 Å². The van der Waals surface area contributed by atoms with Crippen molar-refractivity contribution in [1.82, 2.24) is 14.3 Å². The summed E-state index contributed by atoms with van der Waals surface area (Å²) in [5.74, 6) is -0.702. The lowest BCUT2D eigenvalue weighted by atomic mass is 10.1. The number of hydrogen-bond donors (Lipinski definition) is 1. The molecule has 0 aliphatic rings. The minimum absolute atomic E-state index is 0.0671. The standard InChI is InChI=1S/C19H25N3O6S/c1-13-6-8-15(9-7-13)29(25,26)22-11-14(20-12-22)10-16(17(23)27-5)21-18(24)28-19(2,3)4/h6-9,11-12,16H,10H2,1-5H3,(H,21,24)/t16-/m0/s1. The molecule has 1 aromatic carbocycles. The monoisotopic (exact) mass is 423 g/mol. The van der Waals surface area contributed by atoms with Crippen LogP contribution >= 0.6 is 0 Å². The minimum Gasteiger partial charge on any atom is -0.467 e. The number of nitrogens with one attached hydrogen (secondary N) is 1. The average molecular weight is 423 g/mol. The smallest absolute Gasteiger partial charge is 0.408 e. The van der Waals surface area contributed by atoms with Crippen LogP contribution in [0.3, 0.4) is 0 Å². The molecule has 1 amide bonds. The van der Waals surface area contributed by atoms with Crippen LogP contribution in [0, 0.1) is 6.92 Å². The fourth-order valence-electron chi connectivity index (χ4n) is 2.41. The number of hydrogen-bond acceptors (Lipinski definition) is 7. The third kappa shape index (κ3) is 6.05. The van der Waals surface area contributed by atoms with Gasteiger partial charge in [-0.25, -0.2) is 27.0 Å². The van der Waals surface area contributed by atoms with Gasteiger partial charge in [0.05, 0.1) is 17.7 Å². The molecule has 0 aliphatic carbocycles. The van der Waals surface area contributed by atoms with Crippen molar-refractivity contribution in [3.05, 3.63) is 48.0 Å². The molecular weight excluding hydrogens is 398 g/mol. The van der Waals surface area contributed by atoms with Gasteiger partial charge in [-0.05, 0) is 39.8 Å². The average Bonchev–Trinajstić information content (AvgIpc) is 3.08. The Morgan fingerprint density at radius 2 is 1.83 bits per heavy atom. The third-order valence-corrected chi connectivity index (χ3v) is 5.42. The molecule has 2 rings (SSSR count). The SMILES string of the molecule is COC(=O)[C@H](Cc1cn(S(=O)(=O)c2ccc(C)cc2)cn1)NC(=O)OC(C)(C)C. The molecule has 0 spiro atoms. The van der Waals surface area contributed by atoms with E-state index >= 15 is 0 Å². The van der Waals surface area contributed by atoms with E-state index in [1.165, 1.54) is 25.4 Å². The highest BCUT2D eigenvalue weighted by atomic mass is 32.2. The lowest BCUT2D eigenvalue weighted by Gasteiger charge is -2.22. The maximum Gasteiger partial charge on any atom is 0.408 e. The molecule has 1 aromatic heterocycles.